The molecule has 2 rings (SSSR count). The Morgan fingerprint density at radius 1 is 1.06 bits per heavy atom. The van der Waals surface area contributed by atoms with E-state index >= 15 is 0 Å². The van der Waals surface area contributed by atoms with Crippen LogP contribution < -0.4 is 10.1 Å². The summed E-state index contributed by atoms with van der Waals surface area (Å²) < 4.78 is 5.12. The third kappa shape index (κ3) is 3.31. The second-order valence-corrected chi connectivity index (χ2v) is 4.31. The summed E-state index contributed by atoms with van der Waals surface area (Å²) >= 11 is 5.33. The smallest absolute Gasteiger partial charge is 0.118 e. The predicted molar refractivity (Wildman–Crippen MR) is 78.0 cm³/mol. The molecule has 0 amide bonds. The first kappa shape index (κ1) is 12.6. The molecule has 2 aromatic carbocycles. The zero-order valence-electron chi connectivity index (χ0n) is 10.2. The van der Waals surface area contributed by atoms with E-state index in [0.717, 1.165) is 22.8 Å². The van der Waals surface area contributed by atoms with Gasteiger partial charge in [0, 0.05) is 12.1 Å². The lowest BCUT2D eigenvalue weighted by molar-refractivity contribution is 0.414. The number of ether oxygens (including phenoxy) is 1. The molecule has 0 aromatic heterocycles. The predicted octanol–water partition coefficient (Wildman–Crippen LogP) is 3.16. The molecule has 0 fully saturated rings. The molecule has 0 spiro atoms. The topological polar surface area (TPSA) is 21.3 Å². The average molecular weight is 257 g/mol. The van der Waals surface area contributed by atoms with Crippen molar-refractivity contribution < 1.29 is 4.74 Å². The van der Waals surface area contributed by atoms with E-state index in [4.69, 9.17) is 17.0 Å². The lowest BCUT2D eigenvalue weighted by Crippen LogP contribution is -2.21. The number of nitrogens with one attached hydrogen (secondary N) is 1. The maximum absolute atomic E-state index is 5.33. The van der Waals surface area contributed by atoms with E-state index in [1.54, 1.807) is 7.11 Å². The summed E-state index contributed by atoms with van der Waals surface area (Å²) in [6.45, 7) is 0.720. The largest absolute Gasteiger partial charge is 0.497 e. The molecular formula is C15H15NOS. The van der Waals surface area contributed by atoms with Crippen LogP contribution in [0.5, 0.6) is 5.75 Å². The van der Waals surface area contributed by atoms with E-state index in [2.05, 4.69) is 5.32 Å². The Bertz CT molecular complexity index is 508. The Hall–Kier alpha value is -1.87. The Morgan fingerprint density at radius 3 is 2.33 bits per heavy atom. The van der Waals surface area contributed by atoms with Gasteiger partial charge in [-0.15, -0.1) is 0 Å². The molecule has 1 N–H and O–H groups in total. The Labute approximate surface area is 113 Å². The first-order chi connectivity index (χ1) is 8.79. The molecule has 2 nitrogen and oxygen atoms in total. The van der Waals surface area contributed by atoms with Crippen molar-refractivity contribution in [1.29, 1.82) is 0 Å². The first-order valence-corrected chi connectivity index (χ1v) is 6.16. The normalized spacial score (nSPS) is 9.83. The van der Waals surface area contributed by atoms with Crippen molar-refractivity contribution in [3.05, 3.63) is 65.7 Å². The third-order valence-electron chi connectivity index (χ3n) is 2.65. The second kappa shape index (κ2) is 6.17. The highest BCUT2D eigenvalue weighted by Gasteiger charge is 2.00. The van der Waals surface area contributed by atoms with Crippen LogP contribution in [0.2, 0.25) is 0 Å². The van der Waals surface area contributed by atoms with Crippen LogP contribution >= 0.6 is 12.2 Å². The van der Waals surface area contributed by atoms with Gasteiger partial charge in [0.05, 0.1) is 7.11 Å². The number of hydrogen-bond acceptors (Lipinski definition) is 2. The number of benzene rings is 2. The summed E-state index contributed by atoms with van der Waals surface area (Å²) in [7, 11) is 1.66. The Kier molecular flexibility index (Phi) is 4.31. The molecule has 0 unspecified atom stereocenters. The van der Waals surface area contributed by atoms with Gasteiger partial charge in [0.1, 0.15) is 10.7 Å². The molecule has 0 saturated heterocycles. The maximum atomic E-state index is 5.33. The fraction of sp³-hybridized carbons (Fsp3) is 0.133. The molecule has 0 radical (unpaired) electrons. The van der Waals surface area contributed by atoms with Crippen molar-refractivity contribution in [1.82, 2.24) is 5.32 Å². The summed E-state index contributed by atoms with van der Waals surface area (Å²) in [5.74, 6) is 0.865. The van der Waals surface area contributed by atoms with Crippen molar-refractivity contribution in [2.75, 3.05) is 7.11 Å². The molecule has 0 bridgehead atoms. The molecule has 0 atom stereocenters. The van der Waals surface area contributed by atoms with Crippen LogP contribution in [0.4, 0.5) is 0 Å². The van der Waals surface area contributed by atoms with Crippen LogP contribution in [-0.2, 0) is 6.54 Å². The molecule has 0 aliphatic carbocycles. The Morgan fingerprint density at radius 2 is 1.72 bits per heavy atom. The summed E-state index contributed by atoms with van der Waals surface area (Å²) in [5.41, 5.74) is 2.22. The highest BCUT2D eigenvalue weighted by molar-refractivity contribution is 7.80. The van der Waals surface area contributed by atoms with Crippen LogP contribution in [0.3, 0.4) is 0 Å². The average Bonchev–Trinajstić information content (AvgIpc) is 2.46. The van der Waals surface area contributed by atoms with Crippen LogP contribution in [0, 0.1) is 0 Å². The van der Waals surface area contributed by atoms with Gasteiger partial charge in [0.25, 0.3) is 0 Å². The fourth-order valence-electron chi connectivity index (χ4n) is 1.62. The summed E-state index contributed by atoms with van der Waals surface area (Å²) in [6, 6.07) is 17.9. The standard InChI is InChI=1S/C15H15NOS/c1-17-14-9-7-12(8-10-14)11-16-15(18)13-5-3-2-4-6-13/h2-10H,11H2,1H3,(H,16,18). The summed E-state index contributed by atoms with van der Waals surface area (Å²) in [6.07, 6.45) is 0. The Balaban J connectivity index is 1.93. The molecule has 3 heteroatoms. The molecule has 0 saturated carbocycles. The van der Waals surface area contributed by atoms with Crippen molar-refractivity contribution in [2.24, 2.45) is 0 Å². The second-order valence-electron chi connectivity index (χ2n) is 3.90. The van der Waals surface area contributed by atoms with Gasteiger partial charge in [0.2, 0.25) is 0 Å². The molecule has 0 heterocycles. The van der Waals surface area contributed by atoms with Gasteiger partial charge in [-0.25, -0.2) is 0 Å². The third-order valence-corrected chi connectivity index (χ3v) is 3.03. The van der Waals surface area contributed by atoms with E-state index in [0.29, 0.717) is 0 Å². The number of rotatable bonds is 4. The monoisotopic (exact) mass is 257 g/mol. The van der Waals surface area contributed by atoms with E-state index in [9.17, 15) is 0 Å². The number of methoxy groups -OCH3 is 1. The van der Waals surface area contributed by atoms with Crippen molar-refractivity contribution in [3.8, 4) is 5.75 Å². The van der Waals surface area contributed by atoms with Gasteiger partial charge in [0.15, 0.2) is 0 Å². The van der Waals surface area contributed by atoms with Crippen LogP contribution in [0.25, 0.3) is 0 Å². The first-order valence-electron chi connectivity index (χ1n) is 5.76. The van der Waals surface area contributed by atoms with E-state index in [1.807, 2.05) is 54.6 Å². The molecule has 92 valence electrons. The highest BCUT2D eigenvalue weighted by Crippen LogP contribution is 2.11. The zero-order valence-corrected chi connectivity index (χ0v) is 11.0. The minimum atomic E-state index is 0.720. The fourth-order valence-corrected chi connectivity index (χ4v) is 1.83. The molecule has 18 heavy (non-hydrogen) atoms. The molecule has 0 aliphatic rings. The quantitative estimate of drug-likeness (QED) is 0.850. The summed E-state index contributed by atoms with van der Waals surface area (Å²) in [4.78, 5) is 0.770. The van der Waals surface area contributed by atoms with Crippen molar-refractivity contribution in [3.63, 3.8) is 0 Å². The van der Waals surface area contributed by atoms with Gasteiger partial charge >= 0.3 is 0 Å². The van der Waals surface area contributed by atoms with Crippen molar-refractivity contribution >= 4 is 17.2 Å². The van der Waals surface area contributed by atoms with Gasteiger partial charge in [-0.3, -0.25) is 0 Å². The van der Waals surface area contributed by atoms with E-state index < -0.39 is 0 Å². The zero-order chi connectivity index (χ0) is 12.8. The molecular weight excluding hydrogens is 242 g/mol. The van der Waals surface area contributed by atoms with E-state index in [-0.39, 0.29) is 0 Å². The van der Waals surface area contributed by atoms with Crippen LogP contribution in [0.15, 0.2) is 54.6 Å². The number of thiocarbonyl (C=S) groups is 1. The van der Waals surface area contributed by atoms with Gasteiger partial charge < -0.3 is 10.1 Å². The highest BCUT2D eigenvalue weighted by atomic mass is 32.1. The van der Waals surface area contributed by atoms with Crippen LogP contribution in [0.1, 0.15) is 11.1 Å². The van der Waals surface area contributed by atoms with Gasteiger partial charge in [-0.2, -0.15) is 0 Å². The summed E-state index contributed by atoms with van der Waals surface area (Å²) in [5, 5.41) is 3.24. The number of hydrogen-bond donors (Lipinski definition) is 1. The van der Waals surface area contributed by atoms with Crippen LogP contribution in [-0.4, -0.2) is 12.1 Å². The maximum Gasteiger partial charge on any atom is 0.118 e. The lowest BCUT2D eigenvalue weighted by atomic mass is 10.2. The van der Waals surface area contributed by atoms with Gasteiger partial charge in [-0.1, -0.05) is 54.7 Å². The molecule has 0 aliphatic heterocycles. The lowest BCUT2D eigenvalue weighted by Gasteiger charge is -2.08. The minimum Gasteiger partial charge on any atom is -0.497 e. The molecule has 2 aromatic rings. The van der Waals surface area contributed by atoms with Crippen molar-refractivity contribution in [2.45, 2.75) is 6.54 Å². The SMILES string of the molecule is COc1ccc(CNC(=S)c2ccccc2)cc1. The van der Waals surface area contributed by atoms with Gasteiger partial charge in [-0.05, 0) is 17.7 Å². The minimum absolute atomic E-state index is 0.720. The van der Waals surface area contributed by atoms with E-state index in [1.165, 1.54) is 5.56 Å².